The number of aromatic nitrogens is 1. The number of hydrogen-bond donors (Lipinski definition) is 7. The van der Waals surface area contributed by atoms with Gasteiger partial charge in [0.1, 0.15) is 12.1 Å². The summed E-state index contributed by atoms with van der Waals surface area (Å²) in [5, 5.41) is 17.5. The van der Waals surface area contributed by atoms with Gasteiger partial charge in [0.2, 0.25) is 17.7 Å². The van der Waals surface area contributed by atoms with Gasteiger partial charge in [-0.1, -0.05) is 18.2 Å². The third kappa shape index (κ3) is 7.88. The number of para-hydroxylation sites is 1. The van der Waals surface area contributed by atoms with Crippen LogP contribution in [0.1, 0.15) is 31.7 Å². The van der Waals surface area contributed by atoms with Crippen LogP contribution in [-0.2, 0) is 25.6 Å². The van der Waals surface area contributed by atoms with Crippen LogP contribution in [0.4, 0.5) is 0 Å². The molecule has 1 heterocycles. The van der Waals surface area contributed by atoms with Gasteiger partial charge >= 0.3 is 5.97 Å². The van der Waals surface area contributed by atoms with E-state index in [4.69, 9.17) is 11.5 Å². The Morgan fingerprint density at radius 2 is 1.82 bits per heavy atom. The summed E-state index contributed by atoms with van der Waals surface area (Å²) in [5.41, 5.74) is 13.2. The maximum Gasteiger partial charge on any atom is 0.326 e. The molecular formula is C22H32N6O5. The normalized spacial score (nSPS) is 13.7. The summed E-state index contributed by atoms with van der Waals surface area (Å²) in [7, 11) is 0. The molecule has 0 saturated carbocycles. The zero-order valence-corrected chi connectivity index (χ0v) is 18.6. The van der Waals surface area contributed by atoms with Crippen LogP contribution in [0.5, 0.6) is 0 Å². The van der Waals surface area contributed by atoms with Gasteiger partial charge in [-0.15, -0.1) is 0 Å². The maximum absolute atomic E-state index is 12.3. The molecular weight excluding hydrogens is 428 g/mol. The Morgan fingerprint density at radius 1 is 1.09 bits per heavy atom. The summed E-state index contributed by atoms with van der Waals surface area (Å²) in [5.74, 6) is -2.89. The quantitative estimate of drug-likeness (QED) is 0.193. The Kier molecular flexibility index (Phi) is 9.83. The minimum absolute atomic E-state index is 0.239. The van der Waals surface area contributed by atoms with Crippen molar-refractivity contribution in [3.8, 4) is 0 Å². The molecule has 0 bridgehead atoms. The van der Waals surface area contributed by atoms with Gasteiger partial charge in [0.15, 0.2) is 0 Å². The van der Waals surface area contributed by atoms with E-state index in [1.807, 2.05) is 24.3 Å². The summed E-state index contributed by atoms with van der Waals surface area (Å²) in [4.78, 5) is 51.1. The van der Waals surface area contributed by atoms with E-state index in [-0.39, 0.29) is 19.4 Å². The lowest BCUT2D eigenvalue weighted by Gasteiger charge is -2.19. The number of rotatable bonds is 13. The first-order valence-corrected chi connectivity index (χ1v) is 10.8. The van der Waals surface area contributed by atoms with Crippen molar-refractivity contribution in [2.45, 2.75) is 50.7 Å². The molecule has 0 saturated heterocycles. The van der Waals surface area contributed by atoms with Crippen molar-refractivity contribution in [2.24, 2.45) is 11.5 Å². The van der Waals surface area contributed by atoms with Crippen molar-refractivity contribution in [2.75, 3.05) is 13.1 Å². The summed E-state index contributed by atoms with van der Waals surface area (Å²) in [6.45, 7) is 1.50. The first kappa shape index (κ1) is 25.8. The van der Waals surface area contributed by atoms with E-state index < -0.39 is 41.8 Å². The number of aromatic amines is 1. The predicted molar refractivity (Wildman–Crippen MR) is 123 cm³/mol. The Bertz CT molecular complexity index is 975. The first-order chi connectivity index (χ1) is 15.7. The van der Waals surface area contributed by atoms with Crippen LogP contribution < -0.4 is 27.4 Å². The average Bonchev–Trinajstić information content (AvgIpc) is 3.19. The molecule has 1 aromatic carbocycles. The van der Waals surface area contributed by atoms with Gasteiger partial charge in [0, 0.05) is 17.1 Å². The van der Waals surface area contributed by atoms with Gasteiger partial charge in [-0.3, -0.25) is 14.4 Å². The van der Waals surface area contributed by atoms with E-state index in [2.05, 4.69) is 20.9 Å². The topological polar surface area (TPSA) is 192 Å². The fourth-order valence-corrected chi connectivity index (χ4v) is 3.33. The molecule has 11 nitrogen and oxygen atoms in total. The highest BCUT2D eigenvalue weighted by atomic mass is 16.4. The molecule has 3 unspecified atom stereocenters. The number of unbranched alkanes of at least 4 members (excludes halogenated alkanes) is 1. The molecule has 0 fully saturated rings. The van der Waals surface area contributed by atoms with Crippen LogP contribution in [0.15, 0.2) is 30.5 Å². The molecule has 11 heteroatoms. The lowest BCUT2D eigenvalue weighted by Crippen LogP contribution is -2.52. The molecule has 0 aliphatic rings. The Labute approximate surface area is 191 Å². The fourth-order valence-electron chi connectivity index (χ4n) is 3.33. The number of H-pyrrole nitrogens is 1. The Hall–Kier alpha value is -3.44. The minimum Gasteiger partial charge on any atom is -0.480 e. The third-order valence-electron chi connectivity index (χ3n) is 5.21. The highest BCUT2D eigenvalue weighted by Gasteiger charge is 2.24. The molecule has 2 rings (SSSR count). The summed E-state index contributed by atoms with van der Waals surface area (Å²) < 4.78 is 0. The molecule has 2 aromatic rings. The van der Waals surface area contributed by atoms with E-state index in [0.717, 1.165) is 16.5 Å². The number of nitrogens with two attached hydrogens (primary N) is 2. The highest BCUT2D eigenvalue weighted by Crippen LogP contribution is 2.18. The van der Waals surface area contributed by atoms with E-state index >= 15 is 0 Å². The van der Waals surface area contributed by atoms with Crippen molar-refractivity contribution in [1.82, 2.24) is 20.9 Å². The van der Waals surface area contributed by atoms with Crippen LogP contribution >= 0.6 is 0 Å². The van der Waals surface area contributed by atoms with Gasteiger partial charge in [-0.25, -0.2) is 4.79 Å². The monoisotopic (exact) mass is 460 g/mol. The van der Waals surface area contributed by atoms with Gasteiger partial charge in [0.05, 0.1) is 12.6 Å². The molecule has 1 aromatic heterocycles. The molecule has 0 aliphatic carbocycles. The van der Waals surface area contributed by atoms with Gasteiger partial charge in [-0.2, -0.15) is 0 Å². The number of carboxylic acids is 1. The number of fused-ring (bicyclic) bond motifs is 1. The van der Waals surface area contributed by atoms with Crippen LogP contribution in [-0.4, -0.2) is 65.0 Å². The second kappa shape index (κ2) is 12.6. The van der Waals surface area contributed by atoms with E-state index in [1.54, 1.807) is 6.20 Å². The van der Waals surface area contributed by atoms with Gasteiger partial charge in [0.25, 0.3) is 0 Å². The number of hydrogen-bond acceptors (Lipinski definition) is 6. The van der Waals surface area contributed by atoms with Gasteiger partial charge < -0.3 is 37.5 Å². The van der Waals surface area contributed by atoms with Crippen LogP contribution in [0.2, 0.25) is 0 Å². The second-order valence-corrected chi connectivity index (χ2v) is 7.86. The van der Waals surface area contributed by atoms with Crippen molar-refractivity contribution >= 4 is 34.6 Å². The molecule has 3 amide bonds. The number of nitrogens with one attached hydrogen (secondary N) is 4. The zero-order chi connectivity index (χ0) is 24.4. The molecule has 9 N–H and O–H groups in total. The zero-order valence-electron chi connectivity index (χ0n) is 18.6. The Balaban J connectivity index is 1.77. The van der Waals surface area contributed by atoms with Crippen LogP contribution in [0, 0.1) is 0 Å². The molecule has 0 radical (unpaired) electrons. The largest absolute Gasteiger partial charge is 0.480 e. The lowest BCUT2D eigenvalue weighted by atomic mass is 10.1. The highest BCUT2D eigenvalue weighted by molar-refractivity contribution is 5.92. The smallest absolute Gasteiger partial charge is 0.326 e. The van der Waals surface area contributed by atoms with E-state index in [9.17, 15) is 24.3 Å². The van der Waals surface area contributed by atoms with E-state index in [1.165, 1.54) is 6.92 Å². The molecule has 0 aliphatic heterocycles. The third-order valence-corrected chi connectivity index (χ3v) is 5.21. The minimum atomic E-state index is -1.16. The Morgan fingerprint density at radius 3 is 2.52 bits per heavy atom. The SMILES string of the molecule is CC(NC(=O)CNC(=O)C(N)Cc1c[nH]c2ccccc12)C(=O)NC(CCCCN)C(=O)O. The van der Waals surface area contributed by atoms with Crippen LogP contribution in [0.3, 0.4) is 0 Å². The first-order valence-electron chi connectivity index (χ1n) is 10.8. The molecule has 0 spiro atoms. The number of amides is 3. The van der Waals surface area contributed by atoms with Crippen molar-refractivity contribution < 1.29 is 24.3 Å². The van der Waals surface area contributed by atoms with Crippen molar-refractivity contribution in [3.63, 3.8) is 0 Å². The molecule has 180 valence electrons. The summed E-state index contributed by atoms with van der Waals surface area (Å²) >= 11 is 0. The number of carbonyl (C=O) groups is 4. The maximum atomic E-state index is 12.3. The fraction of sp³-hybridized carbons (Fsp3) is 0.455. The summed E-state index contributed by atoms with van der Waals surface area (Å²) in [6, 6.07) is 4.74. The molecule has 33 heavy (non-hydrogen) atoms. The second-order valence-electron chi connectivity index (χ2n) is 7.86. The predicted octanol–water partition coefficient (Wildman–Crippen LogP) is -0.643. The van der Waals surface area contributed by atoms with Gasteiger partial charge in [-0.05, 0) is 50.8 Å². The standard InChI is InChI=1S/C22H32N6O5/c1-13(20(30)28-18(22(32)33)8-4-5-9-23)27-19(29)12-26-21(31)16(24)10-14-11-25-17-7-3-2-6-15(14)17/h2-3,6-7,11,13,16,18,25H,4-5,8-10,12,23-24H2,1H3,(H,26,31)(H,27,29)(H,28,30)(H,32,33). The van der Waals surface area contributed by atoms with E-state index in [0.29, 0.717) is 19.4 Å². The van der Waals surface area contributed by atoms with Crippen LogP contribution in [0.25, 0.3) is 10.9 Å². The number of carbonyl (C=O) groups excluding carboxylic acids is 3. The van der Waals surface area contributed by atoms with Crippen molar-refractivity contribution in [1.29, 1.82) is 0 Å². The average molecular weight is 461 g/mol. The van der Waals surface area contributed by atoms with Crippen molar-refractivity contribution in [3.05, 3.63) is 36.0 Å². The number of aliphatic carboxylic acids is 1. The molecule has 3 atom stereocenters. The lowest BCUT2D eigenvalue weighted by molar-refractivity contribution is -0.142. The summed E-state index contributed by atoms with van der Waals surface area (Å²) in [6.07, 6.45) is 3.53. The number of carboxylic acid groups (broad SMARTS) is 1. The number of benzene rings is 1.